The molecule has 0 saturated carbocycles. The smallest absolute Gasteiger partial charge is 0.328 e. The quantitative estimate of drug-likeness (QED) is 0.750. The van der Waals surface area contributed by atoms with E-state index in [2.05, 4.69) is 15.7 Å². The molecule has 2 amide bonds. The number of urea groups is 1. The van der Waals surface area contributed by atoms with Gasteiger partial charge in [0.25, 0.3) is 0 Å². The molecule has 21 heavy (non-hydrogen) atoms. The van der Waals surface area contributed by atoms with Gasteiger partial charge >= 0.3 is 12.0 Å². The van der Waals surface area contributed by atoms with Gasteiger partial charge in [-0.05, 0) is 23.8 Å². The molecule has 0 aliphatic carbocycles. The van der Waals surface area contributed by atoms with E-state index in [0.29, 0.717) is 11.4 Å². The van der Waals surface area contributed by atoms with E-state index < -0.39 is 5.97 Å². The number of amides is 2. The lowest BCUT2D eigenvalue weighted by molar-refractivity contribution is -0.131. The number of nitrogens with one attached hydrogen (secondary N) is 2. The molecule has 1 aromatic carbocycles. The van der Waals surface area contributed by atoms with Crippen LogP contribution in [0.2, 0.25) is 0 Å². The summed E-state index contributed by atoms with van der Waals surface area (Å²) in [7, 11) is 1.76. The fourth-order valence-corrected chi connectivity index (χ4v) is 1.62. The van der Waals surface area contributed by atoms with E-state index in [9.17, 15) is 9.59 Å². The number of carbonyl (C=O) groups excluding carboxylic acids is 1. The minimum atomic E-state index is -1.01. The molecule has 1 heterocycles. The number of benzene rings is 1. The lowest BCUT2D eigenvalue weighted by Crippen LogP contribution is -2.19. The number of aliphatic carboxylic acids is 1. The summed E-state index contributed by atoms with van der Waals surface area (Å²) in [6.45, 7) is 0. The first-order valence-corrected chi connectivity index (χ1v) is 6.10. The van der Waals surface area contributed by atoms with Gasteiger partial charge in [-0.1, -0.05) is 12.1 Å². The third-order valence-electron chi connectivity index (χ3n) is 2.55. The van der Waals surface area contributed by atoms with Gasteiger partial charge in [0, 0.05) is 25.0 Å². The van der Waals surface area contributed by atoms with Crippen molar-refractivity contribution in [2.75, 3.05) is 10.6 Å². The van der Waals surface area contributed by atoms with E-state index in [0.717, 1.165) is 11.6 Å². The van der Waals surface area contributed by atoms with Crippen molar-refractivity contribution >= 4 is 29.5 Å². The molecule has 108 valence electrons. The Labute approximate surface area is 120 Å². The van der Waals surface area contributed by atoms with Crippen molar-refractivity contribution < 1.29 is 14.7 Å². The number of rotatable bonds is 4. The third kappa shape index (κ3) is 4.50. The van der Waals surface area contributed by atoms with Crippen LogP contribution in [0.15, 0.2) is 42.7 Å². The predicted octanol–water partition coefficient (Wildman–Crippen LogP) is 2.16. The molecule has 0 fully saturated rings. The highest BCUT2D eigenvalue weighted by molar-refractivity contribution is 5.99. The number of anilines is 2. The molecule has 0 bridgehead atoms. The van der Waals surface area contributed by atoms with Crippen molar-refractivity contribution in [2.45, 2.75) is 0 Å². The fourth-order valence-electron chi connectivity index (χ4n) is 1.62. The third-order valence-corrected chi connectivity index (χ3v) is 2.55. The van der Waals surface area contributed by atoms with Crippen LogP contribution in [-0.4, -0.2) is 26.9 Å². The lowest BCUT2D eigenvalue weighted by atomic mass is 10.2. The topological polar surface area (TPSA) is 96.2 Å². The molecule has 0 aliphatic heterocycles. The second-order valence-electron chi connectivity index (χ2n) is 4.28. The molecule has 0 unspecified atom stereocenters. The second kappa shape index (κ2) is 6.38. The van der Waals surface area contributed by atoms with E-state index in [1.54, 1.807) is 48.4 Å². The van der Waals surface area contributed by atoms with Gasteiger partial charge in [0.15, 0.2) is 0 Å². The summed E-state index contributed by atoms with van der Waals surface area (Å²) < 4.78 is 1.58. The van der Waals surface area contributed by atoms with Crippen LogP contribution in [0.5, 0.6) is 0 Å². The number of aromatic nitrogens is 2. The van der Waals surface area contributed by atoms with Crippen LogP contribution in [0.25, 0.3) is 6.08 Å². The van der Waals surface area contributed by atoms with Gasteiger partial charge in [0.1, 0.15) is 0 Å². The van der Waals surface area contributed by atoms with Crippen LogP contribution in [0.1, 0.15) is 5.56 Å². The van der Waals surface area contributed by atoms with Crippen molar-refractivity contribution in [1.82, 2.24) is 9.78 Å². The molecule has 1 aromatic heterocycles. The van der Waals surface area contributed by atoms with E-state index >= 15 is 0 Å². The average molecular weight is 286 g/mol. The summed E-state index contributed by atoms with van der Waals surface area (Å²) in [4.78, 5) is 22.1. The highest BCUT2D eigenvalue weighted by Crippen LogP contribution is 2.12. The lowest BCUT2D eigenvalue weighted by Gasteiger charge is -2.06. The highest BCUT2D eigenvalue weighted by Gasteiger charge is 2.03. The van der Waals surface area contributed by atoms with Gasteiger partial charge in [-0.3, -0.25) is 4.68 Å². The first-order chi connectivity index (χ1) is 10.0. The zero-order valence-electron chi connectivity index (χ0n) is 11.3. The predicted molar refractivity (Wildman–Crippen MR) is 79.0 cm³/mol. The number of hydrogen-bond acceptors (Lipinski definition) is 3. The summed E-state index contributed by atoms with van der Waals surface area (Å²) in [5.74, 6) is -1.01. The van der Waals surface area contributed by atoms with Crippen molar-refractivity contribution in [1.29, 1.82) is 0 Å². The summed E-state index contributed by atoms with van der Waals surface area (Å²) >= 11 is 0. The van der Waals surface area contributed by atoms with E-state index in [-0.39, 0.29) is 6.03 Å². The molecule has 0 aliphatic rings. The molecule has 7 nitrogen and oxygen atoms in total. The fraction of sp³-hybridized carbons (Fsp3) is 0.0714. The normalized spacial score (nSPS) is 10.5. The number of aryl methyl sites for hydroxylation is 1. The average Bonchev–Trinajstić information content (AvgIpc) is 2.83. The van der Waals surface area contributed by atoms with Gasteiger partial charge in [0.05, 0.1) is 11.9 Å². The van der Waals surface area contributed by atoms with Gasteiger partial charge in [-0.2, -0.15) is 5.10 Å². The van der Waals surface area contributed by atoms with Gasteiger partial charge in [-0.25, -0.2) is 9.59 Å². The van der Waals surface area contributed by atoms with E-state index in [4.69, 9.17) is 5.11 Å². The van der Waals surface area contributed by atoms with Crippen molar-refractivity contribution in [3.05, 3.63) is 48.3 Å². The first kappa shape index (κ1) is 14.3. The standard InChI is InChI=1S/C14H14N4O3/c1-18-9-12(8-15-18)17-14(21)16-11-5-2-10(3-6-11)4-7-13(19)20/h2-9H,1H3,(H,19,20)(H2,16,17,21). The van der Waals surface area contributed by atoms with Crippen molar-refractivity contribution in [2.24, 2.45) is 7.05 Å². The Morgan fingerprint density at radius 3 is 2.43 bits per heavy atom. The molecule has 0 atom stereocenters. The zero-order valence-corrected chi connectivity index (χ0v) is 11.3. The number of hydrogen-bond donors (Lipinski definition) is 3. The molecule has 3 N–H and O–H groups in total. The summed E-state index contributed by atoms with van der Waals surface area (Å²) in [6, 6.07) is 6.41. The molecule has 0 saturated heterocycles. The summed E-state index contributed by atoms with van der Waals surface area (Å²) in [5, 5.41) is 17.8. The summed E-state index contributed by atoms with van der Waals surface area (Å²) in [6.07, 6.45) is 5.75. The Bertz CT molecular complexity index is 674. The molecule has 0 radical (unpaired) electrons. The molecule has 0 spiro atoms. The molecule has 2 aromatic rings. The Morgan fingerprint density at radius 1 is 1.19 bits per heavy atom. The van der Waals surface area contributed by atoms with E-state index in [1.165, 1.54) is 6.08 Å². The number of carboxylic acids is 1. The Hall–Kier alpha value is -3.09. The maximum absolute atomic E-state index is 11.7. The number of carboxylic acid groups (broad SMARTS) is 1. The van der Waals surface area contributed by atoms with E-state index in [1.807, 2.05) is 0 Å². The maximum Gasteiger partial charge on any atom is 0.328 e. The van der Waals surface area contributed by atoms with Crippen LogP contribution < -0.4 is 10.6 Å². The first-order valence-electron chi connectivity index (χ1n) is 6.10. The van der Waals surface area contributed by atoms with Crippen LogP contribution >= 0.6 is 0 Å². The van der Waals surface area contributed by atoms with Gasteiger partial charge in [0.2, 0.25) is 0 Å². The summed E-state index contributed by atoms with van der Waals surface area (Å²) in [5.41, 5.74) is 1.93. The van der Waals surface area contributed by atoms with Crippen LogP contribution in [0, 0.1) is 0 Å². The van der Waals surface area contributed by atoms with Crippen LogP contribution in [0.4, 0.5) is 16.2 Å². The minimum absolute atomic E-state index is 0.378. The molecular weight excluding hydrogens is 272 g/mol. The van der Waals surface area contributed by atoms with Crippen LogP contribution in [0.3, 0.4) is 0 Å². The molecule has 2 rings (SSSR count). The molecular formula is C14H14N4O3. The monoisotopic (exact) mass is 286 g/mol. The van der Waals surface area contributed by atoms with Crippen molar-refractivity contribution in [3.8, 4) is 0 Å². The SMILES string of the molecule is Cn1cc(NC(=O)Nc2ccc(C=CC(=O)O)cc2)cn1. The van der Waals surface area contributed by atoms with Crippen LogP contribution in [-0.2, 0) is 11.8 Å². The highest BCUT2D eigenvalue weighted by atomic mass is 16.4. The second-order valence-corrected chi connectivity index (χ2v) is 4.28. The minimum Gasteiger partial charge on any atom is -0.478 e. The largest absolute Gasteiger partial charge is 0.478 e. The number of carbonyl (C=O) groups is 2. The van der Waals surface area contributed by atoms with Gasteiger partial charge in [-0.15, -0.1) is 0 Å². The van der Waals surface area contributed by atoms with Crippen molar-refractivity contribution in [3.63, 3.8) is 0 Å². The Balaban J connectivity index is 1.93. The molecule has 7 heteroatoms. The van der Waals surface area contributed by atoms with Gasteiger partial charge < -0.3 is 15.7 Å². The Kier molecular flexibility index (Phi) is 4.35. The number of nitrogens with zero attached hydrogens (tertiary/aromatic N) is 2. The zero-order chi connectivity index (χ0) is 15.2. The Morgan fingerprint density at radius 2 is 1.86 bits per heavy atom. The maximum atomic E-state index is 11.7.